The number of carbonyl (C=O) groups is 2. The van der Waals surface area contributed by atoms with Gasteiger partial charge in [0.25, 0.3) is 0 Å². The third-order valence-electron chi connectivity index (χ3n) is 3.52. The summed E-state index contributed by atoms with van der Waals surface area (Å²) in [5, 5.41) is 2.69. The summed E-state index contributed by atoms with van der Waals surface area (Å²) in [6, 6.07) is 12.0. The fraction of sp³-hybridized carbons (Fsp3) is 0.200. The number of amides is 1. The molecular formula is C20H21NO5. The number of hydrogen-bond donors (Lipinski definition) is 1. The van der Waals surface area contributed by atoms with Crippen LogP contribution in [0.1, 0.15) is 22.8 Å². The van der Waals surface area contributed by atoms with E-state index in [0.717, 1.165) is 5.56 Å². The molecular weight excluding hydrogens is 334 g/mol. The molecule has 0 bridgehead atoms. The van der Waals surface area contributed by atoms with E-state index in [9.17, 15) is 9.59 Å². The van der Waals surface area contributed by atoms with Crippen LogP contribution in [0, 0.1) is 0 Å². The highest BCUT2D eigenvalue weighted by molar-refractivity contribution is 6.06. The zero-order valence-electron chi connectivity index (χ0n) is 14.9. The molecule has 6 nitrogen and oxygen atoms in total. The fourth-order valence-electron chi connectivity index (χ4n) is 2.28. The highest BCUT2D eigenvalue weighted by Crippen LogP contribution is 2.28. The second-order valence-corrected chi connectivity index (χ2v) is 5.20. The number of para-hydroxylation sites is 1. The number of methoxy groups -OCH3 is 2. The molecule has 0 atom stereocenters. The van der Waals surface area contributed by atoms with Gasteiger partial charge in [0.05, 0.1) is 32.1 Å². The van der Waals surface area contributed by atoms with Gasteiger partial charge in [-0.15, -0.1) is 0 Å². The van der Waals surface area contributed by atoms with Crippen molar-refractivity contribution in [2.75, 3.05) is 26.1 Å². The first kappa shape index (κ1) is 19.1. The number of esters is 1. The van der Waals surface area contributed by atoms with E-state index in [4.69, 9.17) is 14.2 Å². The van der Waals surface area contributed by atoms with Crippen LogP contribution < -0.4 is 14.8 Å². The van der Waals surface area contributed by atoms with Crippen molar-refractivity contribution < 1.29 is 23.8 Å². The van der Waals surface area contributed by atoms with Gasteiger partial charge in [-0.2, -0.15) is 0 Å². The van der Waals surface area contributed by atoms with E-state index < -0.39 is 5.97 Å². The van der Waals surface area contributed by atoms with E-state index in [-0.39, 0.29) is 12.5 Å². The quantitative estimate of drug-likeness (QED) is 0.607. The number of ether oxygens (including phenoxy) is 3. The summed E-state index contributed by atoms with van der Waals surface area (Å²) in [4.78, 5) is 24.1. The first-order valence-electron chi connectivity index (χ1n) is 8.06. The van der Waals surface area contributed by atoms with Crippen LogP contribution in [0.4, 0.5) is 5.69 Å². The Balaban J connectivity index is 2.12. The van der Waals surface area contributed by atoms with Crippen LogP contribution in [0.5, 0.6) is 11.5 Å². The minimum Gasteiger partial charge on any atom is -0.493 e. The zero-order valence-corrected chi connectivity index (χ0v) is 14.9. The molecule has 26 heavy (non-hydrogen) atoms. The first-order valence-corrected chi connectivity index (χ1v) is 8.06. The van der Waals surface area contributed by atoms with Crippen molar-refractivity contribution >= 4 is 23.6 Å². The summed E-state index contributed by atoms with van der Waals surface area (Å²) >= 11 is 0. The van der Waals surface area contributed by atoms with Crippen LogP contribution in [0.15, 0.2) is 48.5 Å². The molecule has 0 unspecified atom stereocenters. The Morgan fingerprint density at radius 2 is 1.77 bits per heavy atom. The number of carbonyl (C=O) groups excluding carboxylic acids is 2. The molecule has 0 aliphatic heterocycles. The maximum Gasteiger partial charge on any atom is 0.340 e. The summed E-state index contributed by atoms with van der Waals surface area (Å²) in [5.41, 5.74) is 1.48. The Kier molecular flexibility index (Phi) is 6.79. The van der Waals surface area contributed by atoms with Gasteiger partial charge in [-0.3, -0.25) is 4.79 Å². The third kappa shape index (κ3) is 4.86. The van der Waals surface area contributed by atoms with Crippen LogP contribution in [-0.4, -0.2) is 32.7 Å². The number of anilines is 1. The highest BCUT2D eigenvalue weighted by Gasteiger charge is 2.12. The Morgan fingerprint density at radius 1 is 1.04 bits per heavy atom. The maximum atomic E-state index is 12.2. The van der Waals surface area contributed by atoms with E-state index in [2.05, 4.69) is 5.32 Å². The minimum absolute atomic E-state index is 0.264. The molecule has 0 aromatic heterocycles. The predicted molar refractivity (Wildman–Crippen MR) is 99.6 cm³/mol. The van der Waals surface area contributed by atoms with Gasteiger partial charge in [-0.1, -0.05) is 18.2 Å². The molecule has 1 N–H and O–H groups in total. The van der Waals surface area contributed by atoms with Gasteiger partial charge in [-0.25, -0.2) is 4.79 Å². The Morgan fingerprint density at radius 3 is 2.46 bits per heavy atom. The van der Waals surface area contributed by atoms with Crippen LogP contribution in [0.2, 0.25) is 0 Å². The Hall–Kier alpha value is -3.28. The molecule has 0 radical (unpaired) electrons. The molecule has 2 rings (SSSR count). The fourth-order valence-corrected chi connectivity index (χ4v) is 2.28. The number of benzene rings is 2. The maximum absolute atomic E-state index is 12.2. The molecule has 0 saturated heterocycles. The van der Waals surface area contributed by atoms with Crippen LogP contribution in [0.25, 0.3) is 6.08 Å². The van der Waals surface area contributed by atoms with Gasteiger partial charge in [-0.05, 0) is 42.8 Å². The summed E-state index contributed by atoms with van der Waals surface area (Å²) in [6.45, 7) is 1.99. The number of nitrogens with one attached hydrogen (secondary N) is 1. The van der Waals surface area contributed by atoms with Crippen LogP contribution >= 0.6 is 0 Å². The standard InChI is InChI=1S/C20H21NO5/c1-4-26-20(23)15-7-5-6-8-16(15)21-19(22)12-10-14-9-11-17(24-2)18(13-14)25-3/h5-13H,4H2,1-3H3,(H,21,22). The van der Waals surface area contributed by atoms with E-state index in [1.165, 1.54) is 6.08 Å². The molecule has 0 fully saturated rings. The summed E-state index contributed by atoms with van der Waals surface area (Å²) in [5.74, 6) is 0.337. The molecule has 0 saturated carbocycles. The van der Waals surface area contributed by atoms with E-state index in [1.807, 2.05) is 0 Å². The van der Waals surface area contributed by atoms with Crippen molar-refractivity contribution in [1.29, 1.82) is 0 Å². The first-order chi connectivity index (χ1) is 12.6. The van der Waals surface area contributed by atoms with E-state index in [1.54, 1.807) is 69.7 Å². The van der Waals surface area contributed by atoms with Gasteiger partial charge >= 0.3 is 5.97 Å². The van der Waals surface area contributed by atoms with Crippen LogP contribution in [-0.2, 0) is 9.53 Å². The lowest BCUT2D eigenvalue weighted by atomic mass is 10.1. The summed E-state index contributed by atoms with van der Waals surface area (Å²) in [6.07, 6.45) is 3.02. The molecule has 6 heteroatoms. The van der Waals surface area contributed by atoms with Crippen LogP contribution in [0.3, 0.4) is 0 Å². The zero-order chi connectivity index (χ0) is 18.9. The molecule has 1 amide bonds. The van der Waals surface area contributed by atoms with E-state index in [0.29, 0.717) is 22.7 Å². The van der Waals surface area contributed by atoms with Gasteiger partial charge in [0.15, 0.2) is 11.5 Å². The second kappa shape index (κ2) is 9.27. The van der Waals surface area contributed by atoms with E-state index >= 15 is 0 Å². The molecule has 2 aromatic carbocycles. The highest BCUT2D eigenvalue weighted by atomic mass is 16.5. The van der Waals surface area contributed by atoms with Crippen molar-refractivity contribution in [1.82, 2.24) is 0 Å². The molecule has 0 aliphatic carbocycles. The SMILES string of the molecule is CCOC(=O)c1ccccc1NC(=O)C=Cc1ccc(OC)c(OC)c1. The lowest BCUT2D eigenvalue weighted by Gasteiger charge is -2.09. The normalized spacial score (nSPS) is 10.4. The Labute approximate surface area is 152 Å². The minimum atomic E-state index is -0.479. The predicted octanol–water partition coefficient (Wildman–Crippen LogP) is 3.53. The van der Waals surface area contributed by atoms with Crippen molar-refractivity contribution in [3.8, 4) is 11.5 Å². The van der Waals surface area contributed by atoms with Gasteiger partial charge < -0.3 is 19.5 Å². The molecule has 136 valence electrons. The monoisotopic (exact) mass is 355 g/mol. The topological polar surface area (TPSA) is 73.9 Å². The molecule has 0 spiro atoms. The van der Waals surface area contributed by atoms with Gasteiger partial charge in [0, 0.05) is 6.08 Å². The smallest absolute Gasteiger partial charge is 0.340 e. The lowest BCUT2D eigenvalue weighted by molar-refractivity contribution is -0.111. The van der Waals surface area contributed by atoms with Crippen molar-refractivity contribution in [2.24, 2.45) is 0 Å². The molecule has 0 heterocycles. The number of hydrogen-bond acceptors (Lipinski definition) is 5. The Bertz CT molecular complexity index is 814. The van der Waals surface area contributed by atoms with Gasteiger partial charge in [0.2, 0.25) is 5.91 Å². The number of rotatable bonds is 7. The lowest BCUT2D eigenvalue weighted by Crippen LogP contribution is -2.13. The third-order valence-corrected chi connectivity index (χ3v) is 3.52. The second-order valence-electron chi connectivity index (χ2n) is 5.20. The van der Waals surface area contributed by atoms with Crippen molar-refractivity contribution in [2.45, 2.75) is 6.92 Å². The van der Waals surface area contributed by atoms with Crippen molar-refractivity contribution in [3.63, 3.8) is 0 Å². The van der Waals surface area contributed by atoms with Gasteiger partial charge in [0.1, 0.15) is 0 Å². The van der Waals surface area contributed by atoms with Crippen molar-refractivity contribution in [3.05, 3.63) is 59.7 Å². The summed E-state index contributed by atoms with van der Waals surface area (Å²) in [7, 11) is 3.10. The molecule has 2 aromatic rings. The largest absolute Gasteiger partial charge is 0.493 e. The summed E-state index contributed by atoms with van der Waals surface area (Å²) < 4.78 is 15.4. The average Bonchev–Trinajstić information content (AvgIpc) is 2.66. The molecule has 0 aliphatic rings. The average molecular weight is 355 g/mol.